The van der Waals surface area contributed by atoms with Crippen LogP contribution < -0.4 is 0 Å². The molecule has 1 saturated carbocycles. The van der Waals surface area contributed by atoms with Gasteiger partial charge in [0.25, 0.3) is 0 Å². The van der Waals surface area contributed by atoms with Gasteiger partial charge in [-0.1, -0.05) is 49.8 Å². The highest BCUT2D eigenvalue weighted by Crippen LogP contribution is 2.37. The summed E-state index contributed by atoms with van der Waals surface area (Å²) in [7, 11) is 0. The molecule has 25 heavy (non-hydrogen) atoms. The monoisotopic (exact) mass is 334 g/mol. The van der Waals surface area contributed by atoms with Gasteiger partial charge in [-0.2, -0.15) is 0 Å². The maximum Gasteiger partial charge on any atom is 0.123 e. The fourth-order valence-corrected chi connectivity index (χ4v) is 4.56. The van der Waals surface area contributed by atoms with Gasteiger partial charge in [0.2, 0.25) is 0 Å². The van der Waals surface area contributed by atoms with E-state index in [2.05, 4.69) is 37.3 Å². The van der Waals surface area contributed by atoms with Crippen LogP contribution in [-0.4, -0.2) is 0 Å². The van der Waals surface area contributed by atoms with Crippen molar-refractivity contribution < 1.29 is 4.39 Å². The number of halogens is 1. The first-order valence-corrected chi connectivity index (χ1v) is 9.79. The molecule has 0 radical (unpaired) electrons. The largest absolute Gasteiger partial charge is 0.207 e. The molecule has 4 rings (SSSR count). The van der Waals surface area contributed by atoms with Gasteiger partial charge in [0.15, 0.2) is 0 Å². The normalized spacial score (nSPS) is 23.0. The first-order valence-electron chi connectivity index (χ1n) is 9.79. The van der Waals surface area contributed by atoms with Crippen LogP contribution in [0.2, 0.25) is 0 Å². The Hall–Kier alpha value is -1.89. The van der Waals surface area contributed by atoms with Crippen molar-refractivity contribution >= 4 is 5.57 Å². The third-order valence-electron chi connectivity index (χ3n) is 6.29. The van der Waals surface area contributed by atoms with Crippen LogP contribution in [0.1, 0.15) is 67.2 Å². The van der Waals surface area contributed by atoms with Crippen LogP contribution >= 0.6 is 0 Å². The highest BCUT2D eigenvalue weighted by atomic mass is 19.1. The number of benzene rings is 2. The average Bonchev–Trinajstić information content (AvgIpc) is 2.67. The molecule has 0 saturated heterocycles. The molecular weight excluding hydrogens is 307 g/mol. The minimum absolute atomic E-state index is 0.127. The van der Waals surface area contributed by atoms with E-state index in [1.165, 1.54) is 54.4 Å². The maximum atomic E-state index is 13.5. The average molecular weight is 334 g/mol. The van der Waals surface area contributed by atoms with Crippen molar-refractivity contribution in [1.82, 2.24) is 0 Å². The van der Waals surface area contributed by atoms with Crippen molar-refractivity contribution in [2.75, 3.05) is 0 Å². The molecule has 0 heterocycles. The Balaban J connectivity index is 1.47. The standard InChI is InChI=1S/C24H27F/c1-2-17-3-5-18(6-4-17)19-7-9-20(10-8-19)22-12-11-21-13-14-24(25)16-23(21)15-22/h7-10,12-14,16-18H,2-6,11,15H2,1H3. The first kappa shape index (κ1) is 16.6. The Bertz CT molecular complexity index is 761. The Labute approximate surface area is 150 Å². The van der Waals surface area contributed by atoms with Gasteiger partial charge in [-0.05, 0) is 90.3 Å². The molecule has 0 unspecified atom stereocenters. The second-order valence-corrected chi connectivity index (χ2v) is 7.77. The van der Waals surface area contributed by atoms with Crippen molar-refractivity contribution in [3.05, 3.63) is 76.6 Å². The second-order valence-electron chi connectivity index (χ2n) is 7.77. The molecule has 0 nitrogen and oxygen atoms in total. The molecule has 2 aromatic carbocycles. The molecule has 0 aromatic heterocycles. The zero-order chi connectivity index (χ0) is 17.2. The predicted octanol–water partition coefficient (Wildman–Crippen LogP) is 6.69. The lowest BCUT2D eigenvalue weighted by atomic mass is 9.77. The number of hydrogen-bond donors (Lipinski definition) is 0. The molecule has 1 fully saturated rings. The van der Waals surface area contributed by atoms with E-state index >= 15 is 0 Å². The zero-order valence-corrected chi connectivity index (χ0v) is 15.1. The van der Waals surface area contributed by atoms with Gasteiger partial charge in [-0.3, -0.25) is 0 Å². The molecule has 0 bridgehead atoms. The molecule has 1 heteroatoms. The van der Waals surface area contributed by atoms with Crippen LogP contribution in [0.3, 0.4) is 0 Å². The summed E-state index contributed by atoms with van der Waals surface area (Å²) in [5, 5.41) is 0. The minimum atomic E-state index is -0.127. The molecular formula is C24H27F. The Morgan fingerprint density at radius 3 is 2.40 bits per heavy atom. The van der Waals surface area contributed by atoms with Crippen LogP contribution in [0.5, 0.6) is 0 Å². The molecule has 0 amide bonds. The predicted molar refractivity (Wildman–Crippen MR) is 103 cm³/mol. The molecule has 2 aliphatic rings. The van der Waals surface area contributed by atoms with E-state index in [-0.39, 0.29) is 5.82 Å². The van der Waals surface area contributed by atoms with E-state index in [4.69, 9.17) is 0 Å². The summed E-state index contributed by atoms with van der Waals surface area (Å²) in [5.74, 6) is 1.56. The lowest BCUT2D eigenvalue weighted by Crippen LogP contribution is -2.12. The molecule has 0 N–H and O–H groups in total. The summed E-state index contributed by atoms with van der Waals surface area (Å²) >= 11 is 0. The fourth-order valence-electron chi connectivity index (χ4n) is 4.56. The van der Waals surface area contributed by atoms with E-state index in [1.54, 1.807) is 12.1 Å². The van der Waals surface area contributed by atoms with Crippen LogP contribution in [0.15, 0.2) is 48.5 Å². The van der Waals surface area contributed by atoms with Crippen molar-refractivity contribution in [3.63, 3.8) is 0 Å². The van der Waals surface area contributed by atoms with Crippen LogP contribution in [0, 0.1) is 11.7 Å². The SMILES string of the molecule is CCC1CCC(c2ccc(C3=CCc4ccc(F)cc4C3)cc2)CC1. The summed E-state index contributed by atoms with van der Waals surface area (Å²) in [4.78, 5) is 0. The fraction of sp³-hybridized carbons (Fsp3) is 0.417. The highest BCUT2D eigenvalue weighted by molar-refractivity contribution is 5.70. The van der Waals surface area contributed by atoms with Crippen molar-refractivity contribution in [2.45, 2.75) is 57.8 Å². The first-order chi connectivity index (χ1) is 12.2. The Kier molecular flexibility index (Phi) is 4.74. The van der Waals surface area contributed by atoms with Crippen molar-refractivity contribution in [3.8, 4) is 0 Å². The van der Waals surface area contributed by atoms with Gasteiger partial charge < -0.3 is 0 Å². The van der Waals surface area contributed by atoms with Gasteiger partial charge >= 0.3 is 0 Å². The van der Waals surface area contributed by atoms with E-state index in [0.717, 1.165) is 30.2 Å². The van der Waals surface area contributed by atoms with Crippen LogP contribution in [-0.2, 0) is 12.8 Å². The lowest BCUT2D eigenvalue weighted by Gasteiger charge is -2.28. The molecule has 2 aliphatic carbocycles. The molecule has 0 spiro atoms. The molecule has 0 atom stereocenters. The molecule has 2 aromatic rings. The smallest absolute Gasteiger partial charge is 0.123 e. The molecule has 0 aliphatic heterocycles. The second kappa shape index (κ2) is 7.15. The van der Waals surface area contributed by atoms with Crippen molar-refractivity contribution in [2.24, 2.45) is 5.92 Å². The Morgan fingerprint density at radius 1 is 0.920 bits per heavy atom. The van der Waals surface area contributed by atoms with E-state index in [1.807, 2.05) is 6.07 Å². The number of allylic oxidation sites excluding steroid dienone is 2. The number of hydrogen-bond acceptors (Lipinski definition) is 0. The summed E-state index contributed by atoms with van der Waals surface area (Å²) in [6, 6.07) is 14.4. The lowest BCUT2D eigenvalue weighted by molar-refractivity contribution is 0.319. The van der Waals surface area contributed by atoms with Crippen molar-refractivity contribution in [1.29, 1.82) is 0 Å². The van der Waals surface area contributed by atoms with E-state index < -0.39 is 0 Å². The topological polar surface area (TPSA) is 0 Å². The van der Waals surface area contributed by atoms with Gasteiger partial charge in [0, 0.05) is 0 Å². The third kappa shape index (κ3) is 3.56. The number of rotatable bonds is 3. The quantitative estimate of drug-likeness (QED) is 0.586. The summed E-state index contributed by atoms with van der Waals surface area (Å²) in [5.41, 5.74) is 6.52. The Morgan fingerprint density at radius 2 is 1.68 bits per heavy atom. The zero-order valence-electron chi connectivity index (χ0n) is 15.1. The molecule has 130 valence electrons. The summed E-state index contributed by atoms with van der Waals surface area (Å²) < 4.78 is 13.5. The van der Waals surface area contributed by atoms with Gasteiger partial charge in [-0.15, -0.1) is 0 Å². The third-order valence-corrected chi connectivity index (χ3v) is 6.29. The van der Waals surface area contributed by atoms with E-state index in [0.29, 0.717) is 0 Å². The van der Waals surface area contributed by atoms with E-state index in [9.17, 15) is 4.39 Å². The summed E-state index contributed by atoms with van der Waals surface area (Å²) in [6.07, 6.45) is 10.8. The summed E-state index contributed by atoms with van der Waals surface area (Å²) in [6.45, 7) is 2.32. The number of fused-ring (bicyclic) bond motifs is 1. The highest BCUT2D eigenvalue weighted by Gasteiger charge is 2.21. The van der Waals surface area contributed by atoms with Gasteiger partial charge in [-0.25, -0.2) is 4.39 Å². The minimum Gasteiger partial charge on any atom is -0.207 e. The van der Waals surface area contributed by atoms with Gasteiger partial charge in [0.1, 0.15) is 5.82 Å². The van der Waals surface area contributed by atoms with Gasteiger partial charge in [0.05, 0.1) is 0 Å². The maximum absolute atomic E-state index is 13.5. The van der Waals surface area contributed by atoms with Crippen LogP contribution in [0.25, 0.3) is 5.57 Å². The van der Waals surface area contributed by atoms with Crippen LogP contribution in [0.4, 0.5) is 4.39 Å².